The highest BCUT2D eigenvalue weighted by Crippen LogP contribution is 2.51. The SMILES string of the molecule is O=[N+]([O-])c1cccc(C(O)(c2ccccc2)C(F)(F)C(F)(F)F)c1. The Morgan fingerprint density at radius 3 is 1.92 bits per heavy atom. The van der Waals surface area contributed by atoms with E-state index in [1.807, 2.05) is 0 Å². The lowest BCUT2D eigenvalue weighted by Gasteiger charge is -2.37. The first-order valence-electron chi connectivity index (χ1n) is 6.49. The number of halogens is 5. The molecule has 2 aromatic rings. The van der Waals surface area contributed by atoms with Crippen LogP contribution in [0.4, 0.5) is 27.6 Å². The zero-order valence-corrected chi connectivity index (χ0v) is 11.8. The fraction of sp³-hybridized carbons (Fsp3) is 0.200. The van der Waals surface area contributed by atoms with Crippen LogP contribution in [-0.2, 0) is 5.60 Å². The topological polar surface area (TPSA) is 63.4 Å². The molecule has 9 heteroatoms. The second kappa shape index (κ2) is 5.82. The zero-order chi connectivity index (χ0) is 18.2. The number of alkyl halides is 5. The van der Waals surface area contributed by atoms with Crippen LogP contribution < -0.4 is 0 Å². The molecular weight excluding hydrogens is 337 g/mol. The molecule has 0 fully saturated rings. The summed E-state index contributed by atoms with van der Waals surface area (Å²) in [5.41, 5.74) is -6.23. The third-order valence-electron chi connectivity index (χ3n) is 3.48. The molecule has 2 rings (SSSR count). The number of benzene rings is 2. The van der Waals surface area contributed by atoms with Gasteiger partial charge in [0, 0.05) is 17.7 Å². The Morgan fingerprint density at radius 1 is 0.875 bits per heavy atom. The van der Waals surface area contributed by atoms with Crippen molar-refractivity contribution in [3.63, 3.8) is 0 Å². The number of hydrogen-bond acceptors (Lipinski definition) is 3. The Labute approximate surface area is 132 Å². The molecule has 0 aliphatic heterocycles. The molecule has 0 aliphatic rings. The molecule has 0 spiro atoms. The van der Waals surface area contributed by atoms with E-state index in [0.717, 1.165) is 30.3 Å². The molecule has 0 aliphatic carbocycles. The predicted molar refractivity (Wildman–Crippen MR) is 73.5 cm³/mol. The van der Waals surface area contributed by atoms with Crippen LogP contribution in [-0.4, -0.2) is 22.1 Å². The molecule has 24 heavy (non-hydrogen) atoms. The fourth-order valence-corrected chi connectivity index (χ4v) is 2.26. The summed E-state index contributed by atoms with van der Waals surface area (Å²) in [5.74, 6) is -5.59. The Morgan fingerprint density at radius 2 is 1.42 bits per heavy atom. The molecule has 0 heterocycles. The Balaban J connectivity index is 2.78. The number of nitro benzene ring substituents is 1. The Hall–Kier alpha value is -2.55. The van der Waals surface area contributed by atoms with Gasteiger partial charge in [-0.05, 0) is 5.56 Å². The number of nitrogens with zero attached hydrogens (tertiary/aromatic N) is 1. The maximum absolute atomic E-state index is 14.1. The summed E-state index contributed by atoms with van der Waals surface area (Å²) in [6.07, 6.45) is -6.08. The molecular formula is C15H10F5NO3. The smallest absolute Gasteiger partial charge is 0.374 e. The number of nitro groups is 1. The Kier molecular flexibility index (Phi) is 4.32. The monoisotopic (exact) mass is 347 g/mol. The number of rotatable bonds is 4. The minimum Gasteiger partial charge on any atom is -0.374 e. The third-order valence-corrected chi connectivity index (χ3v) is 3.48. The molecule has 1 atom stereocenters. The van der Waals surface area contributed by atoms with Crippen LogP contribution >= 0.6 is 0 Å². The number of aliphatic hydroxyl groups is 1. The molecule has 1 unspecified atom stereocenters. The maximum Gasteiger partial charge on any atom is 0.457 e. The normalized spacial score (nSPS) is 14.9. The predicted octanol–water partition coefficient (Wildman–Crippen LogP) is 4.03. The van der Waals surface area contributed by atoms with E-state index in [4.69, 9.17) is 0 Å². The molecule has 0 saturated heterocycles. The molecule has 4 nitrogen and oxygen atoms in total. The highest BCUT2D eigenvalue weighted by Gasteiger charge is 2.71. The van der Waals surface area contributed by atoms with Gasteiger partial charge >= 0.3 is 12.1 Å². The lowest BCUT2D eigenvalue weighted by atomic mass is 9.80. The maximum atomic E-state index is 14.1. The first-order valence-corrected chi connectivity index (χ1v) is 6.49. The van der Waals surface area contributed by atoms with Crippen LogP contribution in [0.15, 0.2) is 54.6 Å². The van der Waals surface area contributed by atoms with E-state index in [2.05, 4.69) is 0 Å². The van der Waals surface area contributed by atoms with E-state index in [9.17, 15) is 37.2 Å². The third kappa shape index (κ3) is 2.71. The van der Waals surface area contributed by atoms with Crippen LogP contribution in [0.3, 0.4) is 0 Å². The molecule has 1 N–H and O–H groups in total. The fourth-order valence-electron chi connectivity index (χ4n) is 2.26. The summed E-state index contributed by atoms with van der Waals surface area (Å²) in [5, 5.41) is 21.2. The van der Waals surface area contributed by atoms with E-state index in [0.29, 0.717) is 6.07 Å². The highest BCUT2D eigenvalue weighted by molar-refractivity contribution is 5.45. The van der Waals surface area contributed by atoms with Crippen molar-refractivity contribution in [2.45, 2.75) is 17.7 Å². The van der Waals surface area contributed by atoms with Gasteiger partial charge in [0.25, 0.3) is 5.69 Å². The minimum atomic E-state index is -6.08. The van der Waals surface area contributed by atoms with Gasteiger partial charge in [0.05, 0.1) is 4.92 Å². The lowest BCUT2D eigenvalue weighted by molar-refractivity contribution is -0.385. The average Bonchev–Trinajstić information content (AvgIpc) is 2.53. The van der Waals surface area contributed by atoms with E-state index in [1.54, 1.807) is 0 Å². The second-order valence-corrected chi connectivity index (χ2v) is 4.96. The van der Waals surface area contributed by atoms with Crippen molar-refractivity contribution in [3.8, 4) is 0 Å². The lowest BCUT2D eigenvalue weighted by Crippen LogP contribution is -2.55. The molecule has 2 aromatic carbocycles. The van der Waals surface area contributed by atoms with Gasteiger partial charge in [-0.25, -0.2) is 0 Å². The highest BCUT2D eigenvalue weighted by atomic mass is 19.4. The number of non-ortho nitro benzene ring substituents is 1. The summed E-state index contributed by atoms with van der Waals surface area (Å²) in [7, 11) is 0. The molecule has 128 valence electrons. The van der Waals surface area contributed by atoms with E-state index in [1.165, 1.54) is 18.2 Å². The van der Waals surface area contributed by atoms with Gasteiger partial charge < -0.3 is 5.11 Å². The van der Waals surface area contributed by atoms with Gasteiger partial charge in [0.15, 0.2) is 5.60 Å². The van der Waals surface area contributed by atoms with Crippen molar-refractivity contribution < 1.29 is 32.0 Å². The van der Waals surface area contributed by atoms with Crippen molar-refractivity contribution in [3.05, 3.63) is 75.8 Å². The van der Waals surface area contributed by atoms with E-state index in [-0.39, 0.29) is 0 Å². The molecule has 0 radical (unpaired) electrons. The standard InChI is InChI=1S/C15H10F5NO3/c16-14(17,15(18,19)20)13(22,10-5-2-1-3-6-10)11-7-4-8-12(9-11)21(23)24/h1-9,22H. The first kappa shape index (κ1) is 17.8. The van der Waals surface area contributed by atoms with E-state index < -0.39 is 39.4 Å². The van der Waals surface area contributed by atoms with Crippen molar-refractivity contribution in [1.82, 2.24) is 0 Å². The summed E-state index contributed by atoms with van der Waals surface area (Å²) in [4.78, 5) is 9.82. The van der Waals surface area contributed by atoms with Gasteiger partial charge in [-0.3, -0.25) is 10.1 Å². The zero-order valence-electron chi connectivity index (χ0n) is 11.8. The van der Waals surface area contributed by atoms with Crippen LogP contribution in [0, 0.1) is 10.1 Å². The molecule has 0 saturated carbocycles. The van der Waals surface area contributed by atoms with Crippen LogP contribution in [0.5, 0.6) is 0 Å². The van der Waals surface area contributed by atoms with Gasteiger partial charge in [-0.15, -0.1) is 0 Å². The van der Waals surface area contributed by atoms with Crippen molar-refractivity contribution in [1.29, 1.82) is 0 Å². The summed E-state index contributed by atoms with van der Waals surface area (Å²) >= 11 is 0. The van der Waals surface area contributed by atoms with Crippen LogP contribution in [0.1, 0.15) is 11.1 Å². The van der Waals surface area contributed by atoms with Crippen molar-refractivity contribution in [2.75, 3.05) is 0 Å². The van der Waals surface area contributed by atoms with Gasteiger partial charge in [-0.1, -0.05) is 42.5 Å². The van der Waals surface area contributed by atoms with Gasteiger partial charge in [0.1, 0.15) is 0 Å². The second-order valence-electron chi connectivity index (χ2n) is 4.96. The largest absolute Gasteiger partial charge is 0.457 e. The summed E-state index contributed by atoms with van der Waals surface area (Å²) < 4.78 is 67.0. The van der Waals surface area contributed by atoms with Crippen molar-refractivity contribution >= 4 is 5.69 Å². The quantitative estimate of drug-likeness (QED) is 0.516. The minimum absolute atomic E-state index is 0.493. The molecule has 0 amide bonds. The summed E-state index contributed by atoms with van der Waals surface area (Å²) in [6.45, 7) is 0. The molecule has 0 aromatic heterocycles. The van der Waals surface area contributed by atoms with E-state index >= 15 is 0 Å². The summed E-state index contributed by atoms with van der Waals surface area (Å²) in [6, 6.07) is 8.59. The van der Waals surface area contributed by atoms with Gasteiger partial charge in [-0.2, -0.15) is 22.0 Å². The molecule has 0 bridgehead atoms. The van der Waals surface area contributed by atoms with Crippen LogP contribution in [0.25, 0.3) is 0 Å². The number of hydrogen-bond donors (Lipinski definition) is 1. The average molecular weight is 347 g/mol. The van der Waals surface area contributed by atoms with Crippen LogP contribution in [0.2, 0.25) is 0 Å². The van der Waals surface area contributed by atoms with Gasteiger partial charge in [0.2, 0.25) is 0 Å². The first-order chi connectivity index (χ1) is 11.0. The Bertz CT molecular complexity index is 748. The van der Waals surface area contributed by atoms with Crippen molar-refractivity contribution in [2.24, 2.45) is 0 Å².